The van der Waals surface area contributed by atoms with Crippen LogP contribution in [0.25, 0.3) is 0 Å². The normalized spacial score (nSPS) is 26.2. The zero-order chi connectivity index (χ0) is 13.5. The van der Waals surface area contributed by atoms with Crippen molar-refractivity contribution in [1.29, 1.82) is 0 Å². The smallest absolute Gasteiger partial charge is 0.322 e. The van der Waals surface area contributed by atoms with Gasteiger partial charge in [-0.15, -0.1) is 0 Å². The summed E-state index contributed by atoms with van der Waals surface area (Å²) in [5, 5.41) is 3.67. The lowest BCUT2D eigenvalue weighted by Crippen LogP contribution is -2.52. The van der Waals surface area contributed by atoms with E-state index in [0.29, 0.717) is 12.8 Å². The first-order chi connectivity index (χ1) is 9.12. The van der Waals surface area contributed by atoms with E-state index in [0.717, 1.165) is 43.5 Å². The summed E-state index contributed by atoms with van der Waals surface area (Å²) in [4.78, 5) is 36.1. The fourth-order valence-corrected chi connectivity index (χ4v) is 3.09. The van der Waals surface area contributed by atoms with Crippen molar-refractivity contribution in [3.63, 3.8) is 0 Å². The number of rotatable bonds is 2. The van der Waals surface area contributed by atoms with Gasteiger partial charge in [0.2, 0.25) is 5.91 Å². The summed E-state index contributed by atoms with van der Waals surface area (Å²) in [6.45, 7) is 0. The van der Waals surface area contributed by atoms with Gasteiger partial charge in [-0.3, -0.25) is 15.0 Å². The van der Waals surface area contributed by atoms with Crippen LogP contribution in [0.1, 0.15) is 51.4 Å². The Morgan fingerprint density at radius 3 is 2.42 bits per heavy atom. The molecule has 2 aliphatic carbocycles. The highest BCUT2D eigenvalue weighted by molar-refractivity contribution is 6.08. The van der Waals surface area contributed by atoms with E-state index in [4.69, 9.17) is 0 Å². The summed E-state index contributed by atoms with van der Waals surface area (Å²) in [5.41, 5.74) is 1.72. The lowest BCUT2D eigenvalue weighted by molar-refractivity contribution is -0.142. The number of urea groups is 1. The van der Waals surface area contributed by atoms with Gasteiger partial charge < -0.3 is 5.32 Å². The molecule has 104 valence electrons. The number of hydrogen-bond donors (Lipinski definition) is 2. The first-order valence-electron chi connectivity index (χ1n) is 7.10. The van der Waals surface area contributed by atoms with Gasteiger partial charge in [0.05, 0.1) is 0 Å². The Bertz CT molecular complexity index is 425. The Kier molecular flexibility index (Phi) is 2.95. The molecule has 0 radical (unpaired) electrons. The van der Waals surface area contributed by atoms with Crippen LogP contribution in [0.2, 0.25) is 0 Å². The molecule has 3 aliphatic rings. The zero-order valence-corrected chi connectivity index (χ0v) is 10.9. The lowest BCUT2D eigenvalue weighted by atomic mass is 9.82. The van der Waals surface area contributed by atoms with Crippen molar-refractivity contribution in [2.75, 3.05) is 0 Å². The van der Waals surface area contributed by atoms with Crippen molar-refractivity contribution in [2.45, 2.75) is 56.9 Å². The standard InChI is InChI=1S/C13H19N3O3/c17-10(9-5-4-6-9)15-16-11(18)13(14-12(16)19)7-2-1-3-8-13/h9H,1-8H2,(H,14,19)(H,15,17). The molecule has 0 atom stereocenters. The average Bonchev–Trinajstić information content (AvgIpc) is 2.53. The number of imide groups is 1. The van der Waals surface area contributed by atoms with Gasteiger partial charge in [-0.25, -0.2) is 4.79 Å². The van der Waals surface area contributed by atoms with E-state index < -0.39 is 11.6 Å². The molecule has 6 nitrogen and oxygen atoms in total. The van der Waals surface area contributed by atoms with E-state index in [1.807, 2.05) is 0 Å². The molecule has 1 spiro atoms. The Morgan fingerprint density at radius 1 is 1.16 bits per heavy atom. The van der Waals surface area contributed by atoms with E-state index in [2.05, 4.69) is 10.7 Å². The minimum absolute atomic E-state index is 0.0384. The third kappa shape index (κ3) is 1.99. The van der Waals surface area contributed by atoms with Crippen LogP contribution >= 0.6 is 0 Å². The number of carbonyl (C=O) groups excluding carboxylic acids is 3. The van der Waals surface area contributed by atoms with Gasteiger partial charge in [-0.2, -0.15) is 5.01 Å². The van der Waals surface area contributed by atoms with Crippen molar-refractivity contribution in [3.05, 3.63) is 0 Å². The van der Waals surface area contributed by atoms with Crippen LogP contribution in [0.15, 0.2) is 0 Å². The Hall–Kier alpha value is -1.59. The van der Waals surface area contributed by atoms with Gasteiger partial charge in [0, 0.05) is 5.92 Å². The second-order valence-corrected chi connectivity index (χ2v) is 5.82. The molecule has 3 fully saturated rings. The number of amides is 4. The van der Waals surface area contributed by atoms with Crippen molar-refractivity contribution >= 4 is 17.8 Å². The van der Waals surface area contributed by atoms with E-state index in [-0.39, 0.29) is 17.7 Å². The summed E-state index contributed by atoms with van der Waals surface area (Å²) in [7, 11) is 0. The van der Waals surface area contributed by atoms with Gasteiger partial charge in [-0.05, 0) is 25.7 Å². The quantitative estimate of drug-likeness (QED) is 0.733. The predicted octanol–water partition coefficient (Wildman–Crippen LogP) is 1.07. The number of nitrogens with zero attached hydrogens (tertiary/aromatic N) is 1. The Balaban J connectivity index is 1.70. The molecule has 1 heterocycles. The topological polar surface area (TPSA) is 78.5 Å². The largest absolute Gasteiger partial charge is 0.344 e. The Labute approximate surface area is 111 Å². The maximum Gasteiger partial charge on any atom is 0.344 e. The molecular weight excluding hydrogens is 246 g/mol. The molecule has 3 rings (SSSR count). The average molecular weight is 265 g/mol. The minimum Gasteiger partial charge on any atom is -0.322 e. The van der Waals surface area contributed by atoms with Crippen molar-refractivity contribution in [2.24, 2.45) is 5.92 Å². The highest BCUT2D eigenvalue weighted by Crippen LogP contribution is 2.33. The van der Waals surface area contributed by atoms with Crippen molar-refractivity contribution in [3.8, 4) is 0 Å². The first-order valence-corrected chi connectivity index (χ1v) is 7.10. The highest BCUT2D eigenvalue weighted by atomic mass is 16.2. The number of hydrogen-bond acceptors (Lipinski definition) is 3. The van der Waals surface area contributed by atoms with E-state index in [1.165, 1.54) is 0 Å². The molecule has 19 heavy (non-hydrogen) atoms. The van der Waals surface area contributed by atoms with Gasteiger partial charge in [0.15, 0.2) is 0 Å². The molecule has 1 saturated heterocycles. The molecule has 0 aromatic carbocycles. The Morgan fingerprint density at radius 2 is 1.84 bits per heavy atom. The lowest BCUT2D eigenvalue weighted by Gasteiger charge is -2.30. The van der Waals surface area contributed by atoms with Crippen LogP contribution in [-0.4, -0.2) is 28.4 Å². The predicted molar refractivity (Wildman–Crippen MR) is 66.7 cm³/mol. The number of carbonyl (C=O) groups is 3. The van der Waals surface area contributed by atoms with Gasteiger partial charge >= 0.3 is 6.03 Å². The molecule has 1 aliphatic heterocycles. The molecular formula is C13H19N3O3. The van der Waals surface area contributed by atoms with Crippen LogP contribution in [0, 0.1) is 5.92 Å². The molecule has 0 aromatic heterocycles. The van der Waals surface area contributed by atoms with Crippen LogP contribution in [0.5, 0.6) is 0 Å². The molecule has 0 bridgehead atoms. The summed E-state index contributed by atoms with van der Waals surface area (Å²) in [6, 6.07) is -0.487. The van der Waals surface area contributed by atoms with Crippen molar-refractivity contribution < 1.29 is 14.4 Å². The molecule has 0 aromatic rings. The molecule has 2 saturated carbocycles. The second-order valence-electron chi connectivity index (χ2n) is 5.82. The summed E-state index contributed by atoms with van der Waals surface area (Å²) >= 11 is 0. The second kappa shape index (κ2) is 4.51. The highest BCUT2D eigenvalue weighted by Gasteiger charge is 2.52. The van der Waals surface area contributed by atoms with Crippen LogP contribution in [0.4, 0.5) is 4.79 Å². The van der Waals surface area contributed by atoms with Crippen LogP contribution < -0.4 is 10.7 Å². The summed E-state index contributed by atoms with van der Waals surface area (Å²) < 4.78 is 0. The minimum atomic E-state index is -0.762. The third-order valence-corrected chi connectivity index (χ3v) is 4.57. The van der Waals surface area contributed by atoms with E-state index >= 15 is 0 Å². The fraction of sp³-hybridized carbons (Fsp3) is 0.769. The monoisotopic (exact) mass is 265 g/mol. The third-order valence-electron chi connectivity index (χ3n) is 4.57. The van der Waals surface area contributed by atoms with Crippen molar-refractivity contribution in [1.82, 2.24) is 15.8 Å². The fourth-order valence-electron chi connectivity index (χ4n) is 3.09. The molecule has 0 unspecified atom stereocenters. The maximum absolute atomic E-state index is 12.4. The zero-order valence-electron chi connectivity index (χ0n) is 10.9. The number of nitrogens with one attached hydrogen (secondary N) is 2. The first kappa shape index (κ1) is 12.4. The van der Waals surface area contributed by atoms with Gasteiger partial charge in [0.25, 0.3) is 5.91 Å². The van der Waals surface area contributed by atoms with E-state index in [9.17, 15) is 14.4 Å². The van der Waals surface area contributed by atoms with Gasteiger partial charge in [-0.1, -0.05) is 25.7 Å². The summed E-state index contributed by atoms with van der Waals surface area (Å²) in [5.74, 6) is -0.531. The van der Waals surface area contributed by atoms with E-state index in [1.54, 1.807) is 0 Å². The van der Waals surface area contributed by atoms with Crippen LogP contribution in [-0.2, 0) is 9.59 Å². The van der Waals surface area contributed by atoms with Gasteiger partial charge in [0.1, 0.15) is 5.54 Å². The maximum atomic E-state index is 12.4. The number of hydrazine groups is 1. The SMILES string of the molecule is O=C(NN1C(=O)NC2(CCCCC2)C1=O)C1CCC1. The van der Waals surface area contributed by atoms with Crippen LogP contribution in [0.3, 0.4) is 0 Å². The summed E-state index contributed by atoms with van der Waals surface area (Å²) in [6.07, 6.45) is 7.07. The molecule has 6 heteroatoms. The molecule has 4 amide bonds. The molecule has 2 N–H and O–H groups in total.